The fraction of sp³-hybridized carbons (Fsp3) is 0.625. The molecule has 0 amide bonds. The number of benzene rings is 1. The number of hydrogen-bond acceptors (Lipinski definition) is 2. The average molecular weight is 360 g/mol. The van der Waals surface area contributed by atoms with Gasteiger partial charge in [-0.3, -0.25) is 0 Å². The number of halogens is 2. The molecule has 0 spiro atoms. The first-order chi connectivity index (χ1) is 9.75. The van der Waals surface area contributed by atoms with Gasteiger partial charge in [-0.05, 0) is 36.5 Å². The maximum atomic E-state index is 6.78. The van der Waals surface area contributed by atoms with Crippen molar-refractivity contribution >= 4 is 27.5 Å². The van der Waals surface area contributed by atoms with Crippen LogP contribution < -0.4 is 9.47 Å². The Kier molecular flexibility index (Phi) is 4.77. The highest BCUT2D eigenvalue weighted by Crippen LogP contribution is 2.44. The zero-order valence-electron chi connectivity index (χ0n) is 11.5. The first-order valence-corrected chi connectivity index (χ1v) is 8.72. The van der Waals surface area contributed by atoms with Crippen LogP contribution in [0.25, 0.3) is 0 Å². The highest BCUT2D eigenvalue weighted by Gasteiger charge is 2.26. The molecule has 1 atom stereocenters. The Morgan fingerprint density at radius 2 is 1.60 bits per heavy atom. The Morgan fingerprint density at radius 1 is 1.00 bits per heavy atom. The zero-order valence-corrected chi connectivity index (χ0v) is 13.9. The number of hydrogen-bond donors (Lipinski definition) is 0. The minimum absolute atomic E-state index is 0.0540. The average Bonchev–Trinajstić information content (AvgIpc) is 2.75. The van der Waals surface area contributed by atoms with Crippen molar-refractivity contribution in [3.8, 4) is 11.5 Å². The molecule has 110 valence electrons. The van der Waals surface area contributed by atoms with Gasteiger partial charge in [0.2, 0.25) is 0 Å². The molecule has 1 unspecified atom stereocenters. The molecule has 0 aromatic heterocycles. The van der Waals surface area contributed by atoms with Crippen molar-refractivity contribution in [3.05, 3.63) is 22.2 Å². The minimum Gasteiger partial charge on any atom is -0.486 e. The van der Waals surface area contributed by atoms with E-state index in [9.17, 15) is 0 Å². The molecule has 1 fully saturated rings. The predicted molar refractivity (Wildman–Crippen MR) is 84.9 cm³/mol. The van der Waals surface area contributed by atoms with Crippen LogP contribution in [0.2, 0.25) is 0 Å². The van der Waals surface area contributed by atoms with Gasteiger partial charge in [-0.15, -0.1) is 11.6 Å². The van der Waals surface area contributed by atoms with E-state index in [1.54, 1.807) is 0 Å². The van der Waals surface area contributed by atoms with Crippen LogP contribution in [0.15, 0.2) is 16.6 Å². The minimum atomic E-state index is 0.0540. The van der Waals surface area contributed by atoms with Crippen LogP contribution in [-0.4, -0.2) is 13.2 Å². The van der Waals surface area contributed by atoms with E-state index in [1.807, 2.05) is 6.07 Å². The van der Waals surface area contributed by atoms with Gasteiger partial charge < -0.3 is 9.47 Å². The number of fused-ring (bicyclic) bond motifs is 1. The van der Waals surface area contributed by atoms with Crippen LogP contribution >= 0.6 is 27.5 Å². The van der Waals surface area contributed by atoms with Crippen LogP contribution in [0.1, 0.15) is 49.5 Å². The summed E-state index contributed by atoms with van der Waals surface area (Å²) in [7, 11) is 0. The van der Waals surface area contributed by atoms with Gasteiger partial charge in [0.15, 0.2) is 11.5 Å². The summed E-state index contributed by atoms with van der Waals surface area (Å²) >= 11 is 10.4. The monoisotopic (exact) mass is 358 g/mol. The van der Waals surface area contributed by atoms with E-state index in [4.69, 9.17) is 21.1 Å². The van der Waals surface area contributed by atoms with Crippen molar-refractivity contribution in [3.63, 3.8) is 0 Å². The lowest BCUT2D eigenvalue weighted by Crippen LogP contribution is -2.16. The molecule has 1 aromatic carbocycles. The van der Waals surface area contributed by atoms with Crippen molar-refractivity contribution in [2.24, 2.45) is 5.92 Å². The Labute approximate surface area is 133 Å². The summed E-state index contributed by atoms with van der Waals surface area (Å²) in [5.41, 5.74) is 1.14. The van der Waals surface area contributed by atoms with Gasteiger partial charge in [0.25, 0.3) is 0 Å². The van der Waals surface area contributed by atoms with Crippen molar-refractivity contribution in [1.82, 2.24) is 0 Å². The maximum absolute atomic E-state index is 6.78. The maximum Gasteiger partial charge on any atom is 0.162 e. The number of rotatable bonds is 2. The van der Waals surface area contributed by atoms with Crippen LogP contribution in [0.5, 0.6) is 11.5 Å². The summed E-state index contributed by atoms with van der Waals surface area (Å²) in [6.45, 7) is 1.23. The highest BCUT2D eigenvalue weighted by atomic mass is 79.9. The van der Waals surface area contributed by atoms with Crippen LogP contribution in [0.3, 0.4) is 0 Å². The normalized spacial score (nSPS) is 21.3. The molecule has 1 aromatic rings. The Bertz CT molecular complexity index is 470. The molecule has 0 bridgehead atoms. The molecule has 1 heterocycles. The smallest absolute Gasteiger partial charge is 0.162 e. The molecule has 0 radical (unpaired) electrons. The van der Waals surface area contributed by atoms with Crippen LogP contribution in [0, 0.1) is 5.92 Å². The summed E-state index contributed by atoms with van der Waals surface area (Å²) in [5.74, 6) is 2.21. The second kappa shape index (κ2) is 6.57. The zero-order chi connectivity index (χ0) is 13.9. The molecule has 2 nitrogen and oxygen atoms in total. The van der Waals surface area contributed by atoms with Crippen molar-refractivity contribution in [1.29, 1.82) is 0 Å². The number of alkyl halides is 1. The molecule has 1 aliphatic carbocycles. The third-order valence-electron chi connectivity index (χ3n) is 4.27. The summed E-state index contributed by atoms with van der Waals surface area (Å²) < 4.78 is 12.3. The van der Waals surface area contributed by atoms with Crippen molar-refractivity contribution in [2.75, 3.05) is 13.2 Å². The van der Waals surface area contributed by atoms with Gasteiger partial charge in [0.05, 0.1) is 5.38 Å². The predicted octanol–water partition coefficient (Wildman–Crippen LogP) is 5.47. The molecule has 0 saturated heterocycles. The van der Waals surface area contributed by atoms with Crippen LogP contribution in [0.4, 0.5) is 0 Å². The molecule has 1 saturated carbocycles. The fourth-order valence-electron chi connectivity index (χ4n) is 3.15. The first-order valence-electron chi connectivity index (χ1n) is 7.49. The number of ether oxygens (including phenoxy) is 2. The molecular formula is C16H20BrClO2. The third-order valence-corrected chi connectivity index (χ3v) is 5.55. The fourth-order valence-corrected chi connectivity index (χ4v) is 4.28. The van der Waals surface area contributed by atoms with Gasteiger partial charge in [-0.25, -0.2) is 0 Å². The standard InChI is InChI=1S/C16H20BrClO2/c17-13-10-15-14(19-7-8-20-15)9-12(13)16(18)11-5-3-1-2-4-6-11/h9-11,16H,1-8H2. The van der Waals surface area contributed by atoms with E-state index >= 15 is 0 Å². The van der Waals surface area contributed by atoms with Gasteiger partial charge in [-0.2, -0.15) is 0 Å². The van der Waals surface area contributed by atoms with E-state index in [0.29, 0.717) is 19.1 Å². The molecule has 1 aliphatic heterocycles. The lowest BCUT2D eigenvalue weighted by atomic mass is 9.91. The molecule has 2 aliphatic rings. The van der Waals surface area contributed by atoms with E-state index in [2.05, 4.69) is 22.0 Å². The summed E-state index contributed by atoms with van der Waals surface area (Å²) in [5, 5.41) is 0.0540. The first kappa shape index (κ1) is 14.5. The SMILES string of the molecule is ClC(c1cc2c(cc1Br)OCCO2)C1CCCCCC1. The lowest BCUT2D eigenvalue weighted by molar-refractivity contribution is 0.171. The highest BCUT2D eigenvalue weighted by molar-refractivity contribution is 9.10. The van der Waals surface area contributed by atoms with Crippen molar-refractivity contribution in [2.45, 2.75) is 43.9 Å². The third kappa shape index (κ3) is 3.09. The van der Waals surface area contributed by atoms with Gasteiger partial charge >= 0.3 is 0 Å². The molecule has 20 heavy (non-hydrogen) atoms. The lowest BCUT2D eigenvalue weighted by Gasteiger charge is -2.25. The quantitative estimate of drug-likeness (QED) is 0.515. The van der Waals surface area contributed by atoms with E-state index in [0.717, 1.165) is 21.5 Å². The molecular weight excluding hydrogens is 340 g/mol. The summed E-state index contributed by atoms with van der Waals surface area (Å²) in [6, 6.07) is 4.05. The second-order valence-corrected chi connectivity index (χ2v) is 7.00. The van der Waals surface area contributed by atoms with E-state index in [1.165, 1.54) is 38.5 Å². The van der Waals surface area contributed by atoms with Gasteiger partial charge in [-0.1, -0.05) is 41.6 Å². The van der Waals surface area contributed by atoms with Gasteiger partial charge in [0, 0.05) is 4.47 Å². The Balaban J connectivity index is 1.84. The molecule has 0 N–H and O–H groups in total. The topological polar surface area (TPSA) is 18.5 Å². The second-order valence-electron chi connectivity index (χ2n) is 5.67. The molecule has 3 rings (SSSR count). The van der Waals surface area contributed by atoms with Crippen LogP contribution in [-0.2, 0) is 0 Å². The largest absolute Gasteiger partial charge is 0.486 e. The summed E-state index contributed by atoms with van der Waals surface area (Å²) in [4.78, 5) is 0. The molecule has 4 heteroatoms. The Hall–Kier alpha value is -0.410. The Morgan fingerprint density at radius 3 is 2.25 bits per heavy atom. The summed E-state index contributed by atoms with van der Waals surface area (Å²) in [6.07, 6.45) is 7.76. The van der Waals surface area contributed by atoms with Crippen molar-refractivity contribution < 1.29 is 9.47 Å². The van der Waals surface area contributed by atoms with E-state index < -0.39 is 0 Å². The van der Waals surface area contributed by atoms with E-state index in [-0.39, 0.29) is 5.38 Å². The van der Waals surface area contributed by atoms with Gasteiger partial charge in [0.1, 0.15) is 13.2 Å².